The van der Waals surface area contributed by atoms with Crippen LogP contribution < -0.4 is 4.74 Å². The Kier molecular flexibility index (Phi) is 2.60. The maximum Gasteiger partial charge on any atom is 0.154 e. The first kappa shape index (κ1) is 9.20. The normalized spacial score (nSPS) is 9.00. The highest BCUT2D eigenvalue weighted by atomic mass is 19.1. The van der Waals surface area contributed by atoms with Crippen molar-refractivity contribution in [2.24, 2.45) is 0 Å². The van der Waals surface area contributed by atoms with Crippen molar-refractivity contribution in [1.29, 1.82) is 5.26 Å². The van der Waals surface area contributed by atoms with Gasteiger partial charge in [-0.05, 0) is 6.07 Å². The molecule has 1 aromatic rings. The number of nitriles is 1. The minimum Gasteiger partial charge on any atom is -0.497 e. The molecule has 0 aliphatic rings. The van der Waals surface area contributed by atoms with E-state index in [1.165, 1.54) is 13.2 Å². The van der Waals surface area contributed by atoms with Gasteiger partial charge in [0, 0.05) is 6.07 Å². The molecule has 0 aliphatic carbocycles. The summed E-state index contributed by atoms with van der Waals surface area (Å²) >= 11 is 0. The Morgan fingerprint density at radius 1 is 1.62 bits per heavy atom. The number of benzene rings is 1. The van der Waals surface area contributed by atoms with E-state index in [0.29, 0.717) is 6.29 Å². The van der Waals surface area contributed by atoms with Crippen molar-refractivity contribution < 1.29 is 13.9 Å². The monoisotopic (exact) mass is 179 g/mol. The molecule has 1 rings (SSSR count). The molecule has 0 amide bonds. The highest BCUT2D eigenvalue weighted by Gasteiger charge is 2.09. The van der Waals surface area contributed by atoms with Crippen LogP contribution in [0.1, 0.15) is 15.9 Å². The van der Waals surface area contributed by atoms with Crippen molar-refractivity contribution >= 4 is 6.29 Å². The van der Waals surface area contributed by atoms with E-state index < -0.39 is 5.82 Å². The summed E-state index contributed by atoms with van der Waals surface area (Å²) in [6.45, 7) is 0. The standard InChI is InChI=1S/C9H6FNO2/c1-13-7-2-6(4-11)8(5-12)9(10)3-7/h2-3,5H,1H3. The summed E-state index contributed by atoms with van der Waals surface area (Å²) in [4.78, 5) is 10.4. The Labute approximate surface area is 74.4 Å². The summed E-state index contributed by atoms with van der Waals surface area (Å²) in [7, 11) is 1.36. The Morgan fingerprint density at radius 2 is 2.31 bits per heavy atom. The lowest BCUT2D eigenvalue weighted by atomic mass is 10.1. The molecule has 0 unspecified atom stereocenters. The van der Waals surface area contributed by atoms with E-state index in [2.05, 4.69) is 0 Å². The third kappa shape index (κ3) is 1.64. The maximum atomic E-state index is 13.0. The van der Waals surface area contributed by atoms with Crippen molar-refractivity contribution in [1.82, 2.24) is 0 Å². The van der Waals surface area contributed by atoms with Crippen LogP contribution >= 0.6 is 0 Å². The van der Waals surface area contributed by atoms with Crippen molar-refractivity contribution in [3.63, 3.8) is 0 Å². The summed E-state index contributed by atoms with van der Waals surface area (Å²) in [5.74, 6) is -0.523. The Hall–Kier alpha value is -1.89. The van der Waals surface area contributed by atoms with Crippen LogP contribution in [0.5, 0.6) is 5.75 Å². The summed E-state index contributed by atoms with van der Waals surface area (Å²) in [5.41, 5.74) is -0.254. The zero-order valence-electron chi connectivity index (χ0n) is 6.87. The molecule has 4 heteroatoms. The van der Waals surface area contributed by atoms with Gasteiger partial charge < -0.3 is 4.74 Å². The largest absolute Gasteiger partial charge is 0.497 e. The number of rotatable bonds is 2. The van der Waals surface area contributed by atoms with Crippen LogP contribution in [0.4, 0.5) is 4.39 Å². The van der Waals surface area contributed by atoms with Gasteiger partial charge in [0.15, 0.2) is 6.29 Å². The van der Waals surface area contributed by atoms with Gasteiger partial charge in [0.25, 0.3) is 0 Å². The number of ether oxygens (including phenoxy) is 1. The first-order valence-electron chi connectivity index (χ1n) is 3.45. The molecule has 0 saturated heterocycles. The molecular weight excluding hydrogens is 173 g/mol. The molecule has 0 radical (unpaired) electrons. The molecule has 0 spiro atoms. The average Bonchev–Trinajstić information content (AvgIpc) is 2.16. The molecule has 0 atom stereocenters. The van der Waals surface area contributed by atoms with Crippen LogP contribution in [0.25, 0.3) is 0 Å². The van der Waals surface area contributed by atoms with Gasteiger partial charge in [-0.15, -0.1) is 0 Å². The third-order valence-corrected chi connectivity index (χ3v) is 1.58. The lowest BCUT2D eigenvalue weighted by Gasteiger charge is -2.02. The molecule has 66 valence electrons. The van der Waals surface area contributed by atoms with Crippen molar-refractivity contribution in [3.8, 4) is 11.8 Å². The zero-order chi connectivity index (χ0) is 9.84. The fourth-order valence-corrected chi connectivity index (χ4v) is 0.923. The van der Waals surface area contributed by atoms with E-state index >= 15 is 0 Å². The first-order chi connectivity index (χ1) is 6.22. The summed E-state index contributed by atoms with van der Waals surface area (Å²) in [6, 6.07) is 4.08. The molecule has 0 heterocycles. The molecule has 0 fully saturated rings. The van der Waals surface area contributed by atoms with Gasteiger partial charge in [-0.1, -0.05) is 0 Å². The van der Waals surface area contributed by atoms with Gasteiger partial charge in [0.05, 0.1) is 18.2 Å². The van der Waals surface area contributed by atoms with E-state index in [1.807, 2.05) is 0 Å². The van der Waals surface area contributed by atoms with E-state index in [0.717, 1.165) is 6.07 Å². The molecule has 3 nitrogen and oxygen atoms in total. The minimum absolute atomic E-state index is 0.0214. The lowest BCUT2D eigenvalue weighted by molar-refractivity contribution is 0.111. The average molecular weight is 179 g/mol. The summed E-state index contributed by atoms with van der Waals surface area (Å²) in [6.07, 6.45) is 0.313. The molecule has 0 N–H and O–H groups in total. The van der Waals surface area contributed by atoms with Crippen LogP contribution in [0.15, 0.2) is 12.1 Å². The Morgan fingerprint density at radius 3 is 2.77 bits per heavy atom. The van der Waals surface area contributed by atoms with Gasteiger partial charge in [0.2, 0.25) is 0 Å². The Balaban J connectivity index is 3.39. The van der Waals surface area contributed by atoms with E-state index in [4.69, 9.17) is 10.00 Å². The van der Waals surface area contributed by atoms with Crippen molar-refractivity contribution in [2.75, 3.05) is 7.11 Å². The number of hydrogen-bond donors (Lipinski definition) is 0. The predicted octanol–water partition coefficient (Wildman–Crippen LogP) is 1.52. The van der Waals surface area contributed by atoms with Gasteiger partial charge in [0.1, 0.15) is 17.6 Å². The predicted molar refractivity (Wildman–Crippen MR) is 43.1 cm³/mol. The topological polar surface area (TPSA) is 50.1 Å². The molecule has 0 saturated carbocycles. The second-order valence-corrected chi connectivity index (χ2v) is 2.30. The SMILES string of the molecule is COc1cc(F)c(C=O)c(C#N)c1. The molecule has 0 aliphatic heterocycles. The Bertz CT molecular complexity index is 382. The minimum atomic E-state index is -0.745. The van der Waals surface area contributed by atoms with Crippen LogP contribution in [-0.4, -0.2) is 13.4 Å². The first-order valence-corrected chi connectivity index (χ1v) is 3.45. The van der Waals surface area contributed by atoms with Crippen molar-refractivity contribution in [2.45, 2.75) is 0 Å². The number of aldehydes is 1. The molecule has 1 aromatic carbocycles. The highest BCUT2D eigenvalue weighted by Crippen LogP contribution is 2.19. The fraction of sp³-hybridized carbons (Fsp3) is 0.111. The van der Waals surface area contributed by atoms with Gasteiger partial charge in [-0.3, -0.25) is 4.79 Å². The number of hydrogen-bond acceptors (Lipinski definition) is 3. The maximum absolute atomic E-state index is 13.0. The number of nitrogens with zero attached hydrogens (tertiary/aromatic N) is 1. The third-order valence-electron chi connectivity index (χ3n) is 1.58. The second kappa shape index (κ2) is 3.68. The van der Waals surface area contributed by atoms with Gasteiger partial charge in [-0.2, -0.15) is 5.26 Å². The van der Waals surface area contributed by atoms with E-state index in [9.17, 15) is 9.18 Å². The molecule has 13 heavy (non-hydrogen) atoms. The molecule has 0 aromatic heterocycles. The molecular formula is C9H6FNO2. The quantitative estimate of drug-likeness (QED) is 0.646. The fourth-order valence-electron chi connectivity index (χ4n) is 0.923. The zero-order valence-corrected chi connectivity index (χ0v) is 6.87. The van der Waals surface area contributed by atoms with Gasteiger partial charge in [-0.25, -0.2) is 4.39 Å². The lowest BCUT2D eigenvalue weighted by Crippen LogP contribution is -1.95. The number of carbonyl (C=O) groups is 1. The smallest absolute Gasteiger partial charge is 0.154 e. The van der Waals surface area contributed by atoms with Crippen LogP contribution in [0, 0.1) is 17.1 Å². The highest BCUT2D eigenvalue weighted by molar-refractivity contribution is 5.80. The number of carbonyl (C=O) groups excluding carboxylic acids is 1. The van der Waals surface area contributed by atoms with Crippen LogP contribution in [-0.2, 0) is 0 Å². The number of methoxy groups -OCH3 is 1. The molecule has 0 bridgehead atoms. The van der Waals surface area contributed by atoms with Crippen molar-refractivity contribution in [3.05, 3.63) is 29.1 Å². The number of halogens is 1. The second-order valence-electron chi connectivity index (χ2n) is 2.30. The summed E-state index contributed by atoms with van der Waals surface area (Å²) in [5, 5.41) is 8.56. The van der Waals surface area contributed by atoms with Crippen LogP contribution in [0.2, 0.25) is 0 Å². The summed E-state index contributed by atoms with van der Waals surface area (Å²) < 4.78 is 17.8. The van der Waals surface area contributed by atoms with Gasteiger partial charge >= 0.3 is 0 Å². The van der Waals surface area contributed by atoms with E-state index in [1.54, 1.807) is 6.07 Å². The van der Waals surface area contributed by atoms with E-state index in [-0.39, 0.29) is 16.9 Å². The van der Waals surface area contributed by atoms with Crippen LogP contribution in [0.3, 0.4) is 0 Å².